The van der Waals surface area contributed by atoms with E-state index >= 15 is 0 Å². The Labute approximate surface area is 197 Å². The average molecular weight is 432 g/mol. The third kappa shape index (κ3) is 2.91. The van der Waals surface area contributed by atoms with Gasteiger partial charge in [-0.25, -0.2) is 4.98 Å². The maximum Gasteiger partial charge on any atom is 0.0722 e. The zero-order valence-electron chi connectivity index (χ0n) is 18.6. The van der Waals surface area contributed by atoms with Gasteiger partial charge in [-0.2, -0.15) is 0 Å². The molecule has 0 radical (unpaired) electrons. The van der Waals surface area contributed by atoms with Crippen LogP contribution in [0.1, 0.15) is 0 Å². The summed E-state index contributed by atoms with van der Waals surface area (Å²) in [6.45, 7) is 0. The van der Waals surface area contributed by atoms with E-state index in [2.05, 4.69) is 127 Å². The largest absolute Gasteiger partial charge is 0.248 e. The lowest BCUT2D eigenvalue weighted by Crippen LogP contribution is -1.93. The van der Waals surface area contributed by atoms with Crippen LogP contribution in [0.25, 0.3) is 65.6 Å². The van der Waals surface area contributed by atoms with E-state index in [0.29, 0.717) is 0 Å². The lowest BCUT2D eigenvalue weighted by molar-refractivity contribution is 1.34. The van der Waals surface area contributed by atoms with Gasteiger partial charge in [-0.1, -0.05) is 103 Å². The summed E-state index contributed by atoms with van der Waals surface area (Å²) in [5.74, 6) is 0. The highest BCUT2D eigenvalue weighted by Gasteiger charge is 2.15. The van der Waals surface area contributed by atoms with E-state index in [9.17, 15) is 0 Å². The Morgan fingerprint density at radius 1 is 0.324 bits per heavy atom. The molecule has 0 fully saturated rings. The van der Waals surface area contributed by atoms with Gasteiger partial charge in [0, 0.05) is 11.1 Å². The van der Waals surface area contributed by atoms with Gasteiger partial charge in [0.2, 0.25) is 0 Å². The molecule has 0 aliphatic rings. The molecule has 0 bridgehead atoms. The van der Waals surface area contributed by atoms with Crippen LogP contribution in [0.3, 0.4) is 0 Å². The second kappa shape index (κ2) is 7.54. The fourth-order valence-corrected chi connectivity index (χ4v) is 5.29. The van der Waals surface area contributed by atoms with Crippen LogP contribution < -0.4 is 0 Å². The predicted molar refractivity (Wildman–Crippen MR) is 145 cm³/mol. The fourth-order valence-electron chi connectivity index (χ4n) is 5.29. The zero-order chi connectivity index (χ0) is 22.5. The summed E-state index contributed by atoms with van der Waals surface area (Å²) in [6.07, 6.45) is 0. The highest BCUT2D eigenvalue weighted by atomic mass is 14.7. The Morgan fingerprint density at radius 2 is 0.647 bits per heavy atom. The third-order valence-electron chi connectivity index (χ3n) is 6.80. The van der Waals surface area contributed by atoms with E-state index in [1.54, 1.807) is 0 Å². The molecule has 158 valence electrons. The molecular formula is C33H21N. The Morgan fingerprint density at radius 3 is 1.00 bits per heavy atom. The molecule has 1 heterocycles. The summed E-state index contributed by atoms with van der Waals surface area (Å²) >= 11 is 0. The van der Waals surface area contributed by atoms with Gasteiger partial charge in [-0.05, 0) is 67.4 Å². The molecule has 0 atom stereocenters. The summed E-state index contributed by atoms with van der Waals surface area (Å²) in [4.78, 5) is 5.31. The minimum atomic E-state index is 1.00. The van der Waals surface area contributed by atoms with Crippen LogP contribution in [0, 0.1) is 0 Å². The molecule has 0 unspecified atom stereocenters. The molecule has 1 nitrogen and oxygen atoms in total. The summed E-state index contributed by atoms with van der Waals surface area (Å²) < 4.78 is 0. The van der Waals surface area contributed by atoms with Crippen molar-refractivity contribution in [2.75, 3.05) is 0 Å². The Hall–Kier alpha value is -4.49. The van der Waals surface area contributed by atoms with E-state index < -0.39 is 0 Å². The summed E-state index contributed by atoms with van der Waals surface area (Å²) in [6, 6.07) is 45.4. The Kier molecular flexibility index (Phi) is 4.22. The lowest BCUT2D eigenvalue weighted by atomic mass is 9.92. The van der Waals surface area contributed by atoms with Crippen molar-refractivity contribution in [3.05, 3.63) is 127 Å². The van der Waals surface area contributed by atoms with Crippen LogP contribution >= 0.6 is 0 Å². The summed E-state index contributed by atoms with van der Waals surface area (Å²) in [5, 5.41) is 9.86. The summed E-state index contributed by atoms with van der Waals surface area (Å²) in [5.41, 5.74) is 4.39. The molecule has 0 N–H and O–H groups in total. The second-order valence-corrected chi connectivity index (χ2v) is 8.80. The first-order valence-electron chi connectivity index (χ1n) is 11.7. The van der Waals surface area contributed by atoms with E-state index in [-0.39, 0.29) is 0 Å². The number of fused-ring (bicyclic) bond motifs is 4. The average Bonchev–Trinajstić information content (AvgIpc) is 2.90. The van der Waals surface area contributed by atoms with Gasteiger partial charge in [-0.15, -0.1) is 0 Å². The predicted octanol–water partition coefficient (Wildman–Crippen LogP) is 9.03. The molecule has 0 saturated carbocycles. The van der Waals surface area contributed by atoms with Gasteiger partial charge in [0.25, 0.3) is 0 Å². The minimum Gasteiger partial charge on any atom is -0.248 e. The van der Waals surface area contributed by atoms with Crippen molar-refractivity contribution in [2.24, 2.45) is 0 Å². The van der Waals surface area contributed by atoms with Crippen LogP contribution in [-0.2, 0) is 0 Å². The molecule has 0 amide bonds. The van der Waals surface area contributed by atoms with Gasteiger partial charge < -0.3 is 0 Å². The highest BCUT2D eigenvalue weighted by molar-refractivity contribution is 6.14. The van der Waals surface area contributed by atoms with Crippen LogP contribution in [-0.4, -0.2) is 4.98 Å². The van der Waals surface area contributed by atoms with Crippen molar-refractivity contribution >= 4 is 43.1 Å². The molecule has 7 aromatic rings. The topological polar surface area (TPSA) is 12.9 Å². The standard InChI is InChI=1S/C33H21N/c1-5-14-26-22(10-1)20-23-11-2-6-15-27(23)32(26)30-18-9-19-31(34-30)33-28-16-7-3-12-24(28)21-25-13-4-8-17-29(25)33/h1-21H. The first-order chi connectivity index (χ1) is 16.9. The number of hydrogen-bond acceptors (Lipinski definition) is 1. The van der Waals surface area contributed by atoms with Gasteiger partial charge >= 0.3 is 0 Å². The summed E-state index contributed by atoms with van der Waals surface area (Å²) in [7, 11) is 0. The second-order valence-electron chi connectivity index (χ2n) is 8.80. The molecule has 0 saturated heterocycles. The van der Waals surface area contributed by atoms with Crippen LogP contribution in [0.5, 0.6) is 0 Å². The van der Waals surface area contributed by atoms with Gasteiger partial charge in [-0.3, -0.25) is 0 Å². The van der Waals surface area contributed by atoms with Gasteiger partial charge in [0.1, 0.15) is 0 Å². The quantitative estimate of drug-likeness (QED) is 0.249. The van der Waals surface area contributed by atoms with Crippen LogP contribution in [0.2, 0.25) is 0 Å². The molecule has 0 aliphatic heterocycles. The first-order valence-corrected chi connectivity index (χ1v) is 11.7. The Bertz CT molecular complexity index is 1620. The monoisotopic (exact) mass is 431 g/mol. The van der Waals surface area contributed by atoms with E-state index in [0.717, 1.165) is 11.4 Å². The van der Waals surface area contributed by atoms with Crippen molar-refractivity contribution in [1.82, 2.24) is 4.98 Å². The number of pyridine rings is 1. The maximum atomic E-state index is 5.31. The van der Waals surface area contributed by atoms with Crippen molar-refractivity contribution in [3.63, 3.8) is 0 Å². The lowest BCUT2D eigenvalue weighted by Gasteiger charge is -2.14. The van der Waals surface area contributed by atoms with E-state index in [1.807, 2.05) is 0 Å². The zero-order valence-corrected chi connectivity index (χ0v) is 18.6. The minimum absolute atomic E-state index is 1.00. The highest BCUT2D eigenvalue weighted by Crippen LogP contribution is 2.39. The van der Waals surface area contributed by atoms with Gasteiger partial charge in [0.15, 0.2) is 0 Å². The molecular weight excluding hydrogens is 410 g/mol. The smallest absolute Gasteiger partial charge is 0.0722 e. The number of hydrogen-bond donors (Lipinski definition) is 0. The molecule has 1 aromatic heterocycles. The molecule has 0 spiro atoms. The van der Waals surface area contributed by atoms with Crippen molar-refractivity contribution in [1.29, 1.82) is 0 Å². The van der Waals surface area contributed by atoms with Crippen LogP contribution in [0.4, 0.5) is 0 Å². The van der Waals surface area contributed by atoms with Crippen molar-refractivity contribution < 1.29 is 0 Å². The molecule has 0 aliphatic carbocycles. The van der Waals surface area contributed by atoms with E-state index in [1.165, 1.54) is 54.2 Å². The molecule has 6 aromatic carbocycles. The molecule has 34 heavy (non-hydrogen) atoms. The Balaban J connectivity index is 1.58. The fraction of sp³-hybridized carbons (Fsp3) is 0. The number of aromatic nitrogens is 1. The van der Waals surface area contributed by atoms with E-state index in [4.69, 9.17) is 4.98 Å². The first kappa shape index (κ1) is 19.0. The maximum absolute atomic E-state index is 5.31. The SMILES string of the molecule is c1cc(-c2c3ccccc3cc3ccccc23)nc(-c2c3ccccc3cc3ccccc23)c1. The van der Waals surface area contributed by atoms with Gasteiger partial charge in [0.05, 0.1) is 11.4 Å². The number of nitrogens with zero attached hydrogens (tertiary/aromatic N) is 1. The molecule has 1 heteroatoms. The number of rotatable bonds is 2. The normalized spacial score (nSPS) is 11.5. The molecule has 7 rings (SSSR count). The van der Waals surface area contributed by atoms with Crippen molar-refractivity contribution in [2.45, 2.75) is 0 Å². The number of benzene rings is 6. The third-order valence-corrected chi connectivity index (χ3v) is 6.80. The van der Waals surface area contributed by atoms with Crippen LogP contribution in [0.15, 0.2) is 127 Å². The van der Waals surface area contributed by atoms with Crippen molar-refractivity contribution in [3.8, 4) is 22.5 Å².